The van der Waals surface area contributed by atoms with Crippen LogP contribution in [0.15, 0.2) is 18.3 Å². The van der Waals surface area contributed by atoms with E-state index < -0.39 is 0 Å². The first-order valence-electron chi connectivity index (χ1n) is 5.52. The second-order valence-corrected chi connectivity index (χ2v) is 4.15. The Hall–Kier alpha value is -1.62. The number of pyridine rings is 1. The van der Waals surface area contributed by atoms with Gasteiger partial charge in [0, 0.05) is 12.5 Å². The van der Waals surface area contributed by atoms with E-state index in [0.717, 1.165) is 37.5 Å². The molecule has 2 aromatic rings. The van der Waals surface area contributed by atoms with Crippen LogP contribution in [0.25, 0.3) is 5.65 Å². The number of fused-ring (bicyclic) bond motifs is 1. The van der Waals surface area contributed by atoms with Gasteiger partial charge in [0.1, 0.15) is 0 Å². The van der Waals surface area contributed by atoms with Gasteiger partial charge in [0.05, 0.1) is 18.5 Å². The largest absolute Gasteiger partial charge is 0.397 e. The van der Waals surface area contributed by atoms with E-state index in [1.807, 2.05) is 12.1 Å². The predicted molar refractivity (Wildman–Crippen MR) is 60.2 cm³/mol. The highest BCUT2D eigenvalue weighted by Crippen LogP contribution is 2.23. The summed E-state index contributed by atoms with van der Waals surface area (Å²) in [5, 5.41) is 4.44. The molecule has 0 aliphatic carbocycles. The van der Waals surface area contributed by atoms with E-state index in [4.69, 9.17) is 10.5 Å². The molecule has 0 aromatic carbocycles. The molecule has 0 bridgehead atoms. The van der Waals surface area contributed by atoms with Crippen molar-refractivity contribution in [2.75, 3.05) is 18.9 Å². The van der Waals surface area contributed by atoms with Crippen molar-refractivity contribution in [1.29, 1.82) is 0 Å². The summed E-state index contributed by atoms with van der Waals surface area (Å²) in [5.41, 5.74) is 7.24. The van der Waals surface area contributed by atoms with Gasteiger partial charge in [-0.3, -0.25) is 0 Å². The van der Waals surface area contributed by atoms with E-state index in [2.05, 4.69) is 10.1 Å². The average molecular weight is 218 g/mol. The molecule has 0 spiro atoms. The molecule has 1 aliphatic rings. The van der Waals surface area contributed by atoms with Gasteiger partial charge >= 0.3 is 0 Å². The molecule has 1 atom stereocenters. The fourth-order valence-corrected chi connectivity index (χ4v) is 2.03. The molecule has 0 radical (unpaired) electrons. The summed E-state index contributed by atoms with van der Waals surface area (Å²) in [4.78, 5) is 4.49. The standard InChI is InChI=1S/C11H14N4O/c12-9-3-4-10-13-11(14-15(10)6-9)8-2-1-5-16-7-8/h3-4,6,8H,1-2,5,7,12H2. The van der Waals surface area contributed by atoms with E-state index in [0.29, 0.717) is 11.6 Å². The van der Waals surface area contributed by atoms with Gasteiger partial charge < -0.3 is 10.5 Å². The van der Waals surface area contributed by atoms with Crippen LogP contribution in [0.1, 0.15) is 24.6 Å². The Morgan fingerprint density at radius 1 is 1.44 bits per heavy atom. The van der Waals surface area contributed by atoms with Gasteiger partial charge in [-0.25, -0.2) is 9.50 Å². The third-order valence-corrected chi connectivity index (χ3v) is 2.90. The van der Waals surface area contributed by atoms with Crippen LogP contribution in [0.5, 0.6) is 0 Å². The van der Waals surface area contributed by atoms with Crippen molar-refractivity contribution >= 4 is 11.3 Å². The van der Waals surface area contributed by atoms with Gasteiger partial charge in [0.15, 0.2) is 11.5 Å². The molecule has 3 rings (SSSR count). The monoisotopic (exact) mass is 218 g/mol. The number of rotatable bonds is 1. The topological polar surface area (TPSA) is 65.4 Å². The lowest BCUT2D eigenvalue weighted by Gasteiger charge is -2.18. The maximum atomic E-state index is 5.70. The molecule has 1 saturated heterocycles. The van der Waals surface area contributed by atoms with Gasteiger partial charge in [-0.15, -0.1) is 0 Å². The lowest BCUT2D eigenvalue weighted by Crippen LogP contribution is -2.16. The van der Waals surface area contributed by atoms with E-state index >= 15 is 0 Å². The van der Waals surface area contributed by atoms with Gasteiger partial charge in [-0.05, 0) is 25.0 Å². The van der Waals surface area contributed by atoms with Crippen LogP contribution in [-0.4, -0.2) is 27.8 Å². The quantitative estimate of drug-likeness (QED) is 0.781. The molecule has 5 heteroatoms. The minimum Gasteiger partial charge on any atom is -0.397 e. The first-order valence-corrected chi connectivity index (χ1v) is 5.52. The van der Waals surface area contributed by atoms with Gasteiger partial charge in [-0.1, -0.05) is 0 Å². The van der Waals surface area contributed by atoms with Crippen molar-refractivity contribution in [3.63, 3.8) is 0 Å². The Balaban J connectivity index is 1.97. The molecule has 1 unspecified atom stereocenters. The lowest BCUT2D eigenvalue weighted by atomic mass is 10.0. The molecule has 5 nitrogen and oxygen atoms in total. The molecule has 2 aromatic heterocycles. The van der Waals surface area contributed by atoms with Crippen molar-refractivity contribution < 1.29 is 4.74 Å². The van der Waals surface area contributed by atoms with E-state index in [1.54, 1.807) is 10.7 Å². The molecule has 84 valence electrons. The lowest BCUT2D eigenvalue weighted by molar-refractivity contribution is 0.0781. The number of hydrogen-bond donors (Lipinski definition) is 1. The Morgan fingerprint density at radius 3 is 3.19 bits per heavy atom. The second-order valence-electron chi connectivity index (χ2n) is 4.15. The van der Waals surface area contributed by atoms with Crippen LogP contribution in [-0.2, 0) is 4.74 Å². The van der Waals surface area contributed by atoms with Gasteiger partial charge in [0.25, 0.3) is 0 Å². The summed E-state index contributed by atoms with van der Waals surface area (Å²) in [6.07, 6.45) is 3.98. The molecule has 16 heavy (non-hydrogen) atoms. The Bertz CT molecular complexity index is 502. The van der Waals surface area contributed by atoms with E-state index in [1.165, 1.54) is 0 Å². The molecule has 0 amide bonds. The van der Waals surface area contributed by atoms with Crippen LogP contribution < -0.4 is 5.73 Å². The van der Waals surface area contributed by atoms with Crippen molar-refractivity contribution in [2.45, 2.75) is 18.8 Å². The third kappa shape index (κ3) is 1.63. The summed E-state index contributed by atoms with van der Waals surface area (Å²) >= 11 is 0. The SMILES string of the molecule is Nc1ccc2nc(C3CCCOC3)nn2c1. The Labute approximate surface area is 93.2 Å². The number of ether oxygens (including phenoxy) is 1. The van der Waals surface area contributed by atoms with E-state index in [9.17, 15) is 0 Å². The minimum atomic E-state index is 0.329. The summed E-state index contributed by atoms with van der Waals surface area (Å²) in [6, 6.07) is 3.72. The predicted octanol–water partition coefficient (Wildman–Crippen LogP) is 1.21. The molecule has 1 fully saturated rings. The molecule has 2 N–H and O–H groups in total. The number of hydrogen-bond acceptors (Lipinski definition) is 4. The number of nitrogens with zero attached hydrogens (tertiary/aromatic N) is 3. The highest BCUT2D eigenvalue weighted by Gasteiger charge is 2.20. The fourth-order valence-electron chi connectivity index (χ4n) is 2.03. The molecule has 3 heterocycles. The molecule has 1 aliphatic heterocycles. The smallest absolute Gasteiger partial charge is 0.157 e. The minimum absolute atomic E-state index is 0.329. The number of nitrogen functional groups attached to an aromatic ring is 1. The molecular weight excluding hydrogens is 204 g/mol. The third-order valence-electron chi connectivity index (χ3n) is 2.90. The summed E-state index contributed by atoms with van der Waals surface area (Å²) in [7, 11) is 0. The molecule has 0 saturated carbocycles. The summed E-state index contributed by atoms with van der Waals surface area (Å²) in [5.74, 6) is 1.19. The van der Waals surface area contributed by atoms with Crippen molar-refractivity contribution in [3.05, 3.63) is 24.2 Å². The number of aromatic nitrogens is 3. The van der Waals surface area contributed by atoms with E-state index in [-0.39, 0.29) is 0 Å². The van der Waals surface area contributed by atoms with Crippen molar-refractivity contribution in [2.24, 2.45) is 0 Å². The van der Waals surface area contributed by atoms with Gasteiger partial charge in [-0.2, -0.15) is 5.10 Å². The van der Waals surface area contributed by atoms with Crippen molar-refractivity contribution in [3.8, 4) is 0 Å². The number of nitrogens with two attached hydrogens (primary N) is 1. The van der Waals surface area contributed by atoms with Gasteiger partial charge in [0.2, 0.25) is 0 Å². The fraction of sp³-hybridized carbons (Fsp3) is 0.455. The van der Waals surface area contributed by atoms with Crippen LogP contribution in [0.4, 0.5) is 5.69 Å². The first-order chi connectivity index (χ1) is 7.83. The maximum Gasteiger partial charge on any atom is 0.157 e. The maximum absolute atomic E-state index is 5.70. The van der Waals surface area contributed by atoms with Crippen LogP contribution in [0.3, 0.4) is 0 Å². The zero-order chi connectivity index (χ0) is 11.0. The normalized spacial score (nSPS) is 21.4. The van der Waals surface area contributed by atoms with Crippen LogP contribution in [0.2, 0.25) is 0 Å². The average Bonchev–Trinajstić information content (AvgIpc) is 2.73. The Kier molecular flexibility index (Phi) is 2.25. The van der Waals surface area contributed by atoms with Crippen molar-refractivity contribution in [1.82, 2.24) is 14.6 Å². The zero-order valence-electron chi connectivity index (χ0n) is 8.97. The second kappa shape index (κ2) is 3.75. The highest BCUT2D eigenvalue weighted by molar-refractivity contribution is 5.46. The summed E-state index contributed by atoms with van der Waals surface area (Å²) < 4.78 is 7.18. The first kappa shape index (κ1) is 9.59. The number of anilines is 1. The Morgan fingerprint density at radius 2 is 2.38 bits per heavy atom. The van der Waals surface area contributed by atoms with Crippen LogP contribution in [0, 0.1) is 0 Å². The zero-order valence-corrected chi connectivity index (χ0v) is 8.97. The van der Waals surface area contributed by atoms with Crippen LogP contribution >= 0.6 is 0 Å². The highest BCUT2D eigenvalue weighted by atomic mass is 16.5. The summed E-state index contributed by atoms with van der Waals surface area (Å²) in [6.45, 7) is 1.59. The molecular formula is C11H14N4O.